The lowest BCUT2D eigenvalue weighted by molar-refractivity contribution is 0.424. The van der Waals surface area contributed by atoms with Crippen molar-refractivity contribution < 1.29 is 4.52 Å². The smallest absolute Gasteiger partial charge is 0.228 e. The summed E-state index contributed by atoms with van der Waals surface area (Å²) in [6, 6.07) is 8.06. The Balaban J connectivity index is 2.07. The highest BCUT2D eigenvalue weighted by Crippen LogP contribution is 2.41. The van der Waals surface area contributed by atoms with Gasteiger partial charge in [0.05, 0.1) is 5.69 Å². The number of fused-ring (bicyclic) bond motifs is 1. The van der Waals surface area contributed by atoms with Crippen molar-refractivity contribution in [1.29, 1.82) is 0 Å². The lowest BCUT2D eigenvalue weighted by Crippen LogP contribution is -2.11. The zero-order valence-corrected chi connectivity index (χ0v) is 11.0. The number of hydrogen-bond acceptors (Lipinski definition) is 3. The summed E-state index contributed by atoms with van der Waals surface area (Å²) < 4.78 is 5.35. The van der Waals surface area contributed by atoms with Crippen LogP contribution in [-0.4, -0.2) is 12.2 Å². The zero-order valence-electron chi connectivity index (χ0n) is 10.2. The maximum atomic E-state index is 6.08. The fourth-order valence-corrected chi connectivity index (χ4v) is 2.92. The van der Waals surface area contributed by atoms with E-state index in [1.807, 2.05) is 25.2 Å². The number of nitrogens with one attached hydrogen (secondary N) is 1. The van der Waals surface area contributed by atoms with Gasteiger partial charge in [-0.15, -0.1) is 0 Å². The van der Waals surface area contributed by atoms with Crippen molar-refractivity contribution in [2.45, 2.75) is 25.2 Å². The molecule has 0 amide bonds. The zero-order chi connectivity index (χ0) is 12.5. The van der Waals surface area contributed by atoms with Crippen molar-refractivity contribution in [2.75, 3.05) is 12.4 Å². The van der Waals surface area contributed by atoms with Gasteiger partial charge in [0.25, 0.3) is 0 Å². The number of aromatic nitrogens is 1. The minimum atomic E-state index is 0.334. The second kappa shape index (κ2) is 4.65. The maximum Gasteiger partial charge on any atom is 0.228 e. The van der Waals surface area contributed by atoms with Crippen LogP contribution in [0.25, 0.3) is 0 Å². The Labute approximate surface area is 111 Å². The number of benzene rings is 1. The van der Waals surface area contributed by atoms with E-state index in [9.17, 15) is 0 Å². The van der Waals surface area contributed by atoms with E-state index in [2.05, 4.69) is 16.5 Å². The first-order chi connectivity index (χ1) is 8.79. The second-order valence-corrected chi connectivity index (χ2v) is 5.06. The summed E-state index contributed by atoms with van der Waals surface area (Å²) in [5, 5.41) is 8.02. The van der Waals surface area contributed by atoms with E-state index in [0.717, 1.165) is 35.9 Å². The molecule has 1 aromatic heterocycles. The van der Waals surface area contributed by atoms with Gasteiger partial charge in [-0.1, -0.05) is 28.9 Å². The molecule has 0 fully saturated rings. The van der Waals surface area contributed by atoms with Gasteiger partial charge in [-0.05, 0) is 37.0 Å². The van der Waals surface area contributed by atoms with Crippen molar-refractivity contribution in [3.8, 4) is 0 Å². The van der Waals surface area contributed by atoms with Gasteiger partial charge in [-0.2, -0.15) is 0 Å². The molecule has 4 heteroatoms. The molecule has 0 saturated carbocycles. The molecule has 1 aromatic carbocycles. The molecule has 1 heterocycles. The first kappa shape index (κ1) is 11.6. The summed E-state index contributed by atoms with van der Waals surface area (Å²) in [7, 11) is 1.87. The summed E-state index contributed by atoms with van der Waals surface area (Å²) >= 11 is 6.08. The van der Waals surface area contributed by atoms with Crippen LogP contribution in [0, 0.1) is 0 Å². The highest BCUT2D eigenvalue weighted by Gasteiger charge is 2.28. The predicted octanol–water partition coefficient (Wildman–Crippen LogP) is 3.84. The SMILES string of the molecule is CNc1onc2c1C(c1cccc(Cl)c1)CCC2. The van der Waals surface area contributed by atoms with Crippen LogP contribution < -0.4 is 5.32 Å². The van der Waals surface area contributed by atoms with Crippen LogP contribution >= 0.6 is 11.6 Å². The third-order valence-corrected chi connectivity index (χ3v) is 3.77. The average Bonchev–Trinajstić information content (AvgIpc) is 2.81. The van der Waals surface area contributed by atoms with E-state index in [1.165, 1.54) is 11.1 Å². The van der Waals surface area contributed by atoms with E-state index >= 15 is 0 Å². The molecule has 1 atom stereocenters. The van der Waals surface area contributed by atoms with Gasteiger partial charge in [-0.25, -0.2) is 0 Å². The third kappa shape index (κ3) is 1.89. The molecule has 18 heavy (non-hydrogen) atoms. The summed E-state index contributed by atoms with van der Waals surface area (Å²) in [5.41, 5.74) is 3.52. The number of aryl methyl sites for hydroxylation is 1. The Kier molecular flexibility index (Phi) is 3.00. The summed E-state index contributed by atoms with van der Waals surface area (Å²) in [5.74, 6) is 1.12. The van der Waals surface area contributed by atoms with Crippen LogP contribution in [0.3, 0.4) is 0 Å². The van der Waals surface area contributed by atoms with Crippen LogP contribution in [0.15, 0.2) is 28.8 Å². The molecule has 1 aliphatic carbocycles. The van der Waals surface area contributed by atoms with Gasteiger partial charge in [0.15, 0.2) is 0 Å². The largest absolute Gasteiger partial charge is 0.357 e. The molecule has 94 valence electrons. The minimum Gasteiger partial charge on any atom is -0.357 e. The van der Waals surface area contributed by atoms with Gasteiger partial charge < -0.3 is 9.84 Å². The molecule has 1 aliphatic rings. The summed E-state index contributed by atoms with van der Waals surface area (Å²) in [6.07, 6.45) is 3.25. The summed E-state index contributed by atoms with van der Waals surface area (Å²) in [6.45, 7) is 0. The standard InChI is InChI=1S/C14H15ClN2O/c1-16-14-13-11(6-3-7-12(13)17-18-14)9-4-2-5-10(15)8-9/h2,4-5,8,11,16H,3,6-7H2,1H3. The van der Waals surface area contributed by atoms with Gasteiger partial charge in [0, 0.05) is 23.6 Å². The average molecular weight is 263 g/mol. The molecule has 3 rings (SSSR count). The predicted molar refractivity (Wildman–Crippen MR) is 72.3 cm³/mol. The maximum absolute atomic E-state index is 6.08. The second-order valence-electron chi connectivity index (χ2n) is 4.62. The van der Waals surface area contributed by atoms with E-state index in [-0.39, 0.29) is 0 Å². The number of rotatable bonds is 2. The first-order valence-corrected chi connectivity index (χ1v) is 6.59. The minimum absolute atomic E-state index is 0.334. The molecule has 1 unspecified atom stereocenters. The van der Waals surface area contributed by atoms with Crippen molar-refractivity contribution >= 4 is 17.5 Å². The van der Waals surface area contributed by atoms with Crippen molar-refractivity contribution in [2.24, 2.45) is 0 Å². The molecule has 0 spiro atoms. The van der Waals surface area contributed by atoms with E-state index in [4.69, 9.17) is 16.1 Å². The molecule has 0 aliphatic heterocycles. The van der Waals surface area contributed by atoms with E-state index in [0.29, 0.717) is 5.92 Å². The Morgan fingerprint density at radius 2 is 2.33 bits per heavy atom. The van der Waals surface area contributed by atoms with Crippen molar-refractivity contribution in [3.63, 3.8) is 0 Å². The fourth-order valence-electron chi connectivity index (χ4n) is 2.72. The monoisotopic (exact) mass is 262 g/mol. The lowest BCUT2D eigenvalue weighted by Gasteiger charge is -2.22. The topological polar surface area (TPSA) is 38.1 Å². The number of hydrogen-bond donors (Lipinski definition) is 1. The highest BCUT2D eigenvalue weighted by molar-refractivity contribution is 6.30. The lowest BCUT2D eigenvalue weighted by atomic mass is 9.82. The van der Waals surface area contributed by atoms with Gasteiger partial charge >= 0.3 is 0 Å². The summed E-state index contributed by atoms with van der Waals surface area (Å²) in [4.78, 5) is 0. The molecule has 0 bridgehead atoms. The van der Waals surface area contributed by atoms with Gasteiger partial charge in [0.2, 0.25) is 5.88 Å². The van der Waals surface area contributed by atoms with Crippen LogP contribution in [0.5, 0.6) is 0 Å². The van der Waals surface area contributed by atoms with Crippen molar-refractivity contribution in [1.82, 2.24) is 5.16 Å². The Bertz CT molecular complexity index is 551. The normalized spacial score (nSPS) is 18.4. The highest BCUT2D eigenvalue weighted by atomic mass is 35.5. The van der Waals surface area contributed by atoms with Crippen molar-refractivity contribution in [3.05, 3.63) is 46.1 Å². The Hall–Kier alpha value is -1.48. The molecule has 2 aromatic rings. The molecular weight excluding hydrogens is 248 g/mol. The third-order valence-electron chi connectivity index (χ3n) is 3.54. The Morgan fingerprint density at radius 1 is 1.44 bits per heavy atom. The number of anilines is 1. The molecule has 0 radical (unpaired) electrons. The quantitative estimate of drug-likeness (QED) is 0.894. The Morgan fingerprint density at radius 3 is 3.11 bits per heavy atom. The molecule has 3 nitrogen and oxygen atoms in total. The van der Waals surface area contributed by atoms with Crippen LogP contribution in [0.4, 0.5) is 5.88 Å². The number of nitrogens with zero attached hydrogens (tertiary/aromatic N) is 1. The van der Waals surface area contributed by atoms with Crippen LogP contribution in [-0.2, 0) is 6.42 Å². The van der Waals surface area contributed by atoms with E-state index in [1.54, 1.807) is 0 Å². The van der Waals surface area contributed by atoms with Gasteiger partial charge in [-0.3, -0.25) is 0 Å². The van der Waals surface area contributed by atoms with E-state index < -0.39 is 0 Å². The molecule has 0 saturated heterocycles. The van der Waals surface area contributed by atoms with Crippen LogP contribution in [0.2, 0.25) is 5.02 Å². The van der Waals surface area contributed by atoms with Crippen LogP contribution in [0.1, 0.15) is 35.6 Å². The fraction of sp³-hybridized carbons (Fsp3) is 0.357. The number of halogens is 1. The molecule has 1 N–H and O–H groups in total. The first-order valence-electron chi connectivity index (χ1n) is 6.21. The van der Waals surface area contributed by atoms with Gasteiger partial charge in [0.1, 0.15) is 0 Å². The molecular formula is C14H15ClN2O.